The van der Waals surface area contributed by atoms with E-state index in [1.807, 2.05) is 0 Å². The van der Waals surface area contributed by atoms with Gasteiger partial charge in [0.1, 0.15) is 6.04 Å². The molecule has 1 rings (SSSR count). The molecule has 26 heavy (non-hydrogen) atoms. The predicted molar refractivity (Wildman–Crippen MR) is 107 cm³/mol. The summed E-state index contributed by atoms with van der Waals surface area (Å²) in [5.41, 5.74) is 0. The number of esters is 1. The summed E-state index contributed by atoms with van der Waals surface area (Å²) in [4.78, 5) is 22.8. The molecule has 4 nitrogen and oxygen atoms in total. The minimum absolute atomic E-state index is 0.0456. The Hall–Kier alpha value is -1.32. The Balaban J connectivity index is 1.76. The van der Waals surface area contributed by atoms with Crippen molar-refractivity contribution in [2.75, 3.05) is 6.61 Å². The summed E-state index contributed by atoms with van der Waals surface area (Å²) >= 11 is 0. The number of allylic oxidation sites excluding steroid dienone is 2. The van der Waals surface area contributed by atoms with Gasteiger partial charge in [0.05, 0.1) is 6.61 Å². The van der Waals surface area contributed by atoms with Gasteiger partial charge in [0.25, 0.3) is 0 Å². The first-order valence-electron chi connectivity index (χ1n) is 10.8. The Morgan fingerprint density at radius 2 is 1.54 bits per heavy atom. The Kier molecular flexibility index (Phi) is 13.9. The molecule has 0 aromatic rings. The molecule has 1 heterocycles. The summed E-state index contributed by atoms with van der Waals surface area (Å²) in [6, 6.07) is -0.408. The number of unbranched alkanes of at least 4 members (excludes halogenated alkanes) is 11. The molecule has 0 spiro atoms. The third kappa shape index (κ3) is 12.1. The van der Waals surface area contributed by atoms with E-state index in [4.69, 9.17) is 4.74 Å². The summed E-state index contributed by atoms with van der Waals surface area (Å²) in [6.07, 6.45) is 22.1. The van der Waals surface area contributed by atoms with Crippen molar-refractivity contribution in [1.82, 2.24) is 5.32 Å². The van der Waals surface area contributed by atoms with Crippen molar-refractivity contribution in [3.05, 3.63) is 12.2 Å². The van der Waals surface area contributed by atoms with Crippen LogP contribution in [0.5, 0.6) is 0 Å². The molecule has 1 aliphatic heterocycles. The Morgan fingerprint density at radius 3 is 2.12 bits per heavy atom. The van der Waals surface area contributed by atoms with E-state index in [9.17, 15) is 9.59 Å². The minimum atomic E-state index is -0.408. The molecule has 1 N–H and O–H groups in total. The van der Waals surface area contributed by atoms with Crippen LogP contribution in [0.1, 0.15) is 103 Å². The number of hydrogen-bond donors (Lipinski definition) is 1. The van der Waals surface area contributed by atoms with Crippen molar-refractivity contribution >= 4 is 11.9 Å². The van der Waals surface area contributed by atoms with E-state index in [0.717, 1.165) is 12.8 Å². The molecular weight excluding hydrogens is 326 g/mol. The number of hydrogen-bond acceptors (Lipinski definition) is 3. The second-order valence-corrected chi connectivity index (χ2v) is 7.41. The number of rotatable bonds is 16. The van der Waals surface area contributed by atoms with Crippen LogP contribution in [-0.4, -0.2) is 24.5 Å². The van der Waals surface area contributed by atoms with Gasteiger partial charge in [-0.15, -0.1) is 0 Å². The fourth-order valence-electron chi connectivity index (χ4n) is 3.25. The second kappa shape index (κ2) is 15.9. The van der Waals surface area contributed by atoms with E-state index in [0.29, 0.717) is 19.4 Å². The fraction of sp³-hybridized carbons (Fsp3) is 0.818. The predicted octanol–water partition coefficient (Wildman–Crippen LogP) is 5.46. The molecule has 1 saturated heterocycles. The van der Waals surface area contributed by atoms with Crippen LogP contribution in [0.2, 0.25) is 0 Å². The second-order valence-electron chi connectivity index (χ2n) is 7.41. The topological polar surface area (TPSA) is 55.4 Å². The van der Waals surface area contributed by atoms with Crippen molar-refractivity contribution < 1.29 is 14.3 Å². The zero-order valence-corrected chi connectivity index (χ0v) is 16.8. The van der Waals surface area contributed by atoms with Gasteiger partial charge in [0.2, 0.25) is 5.91 Å². The first-order chi connectivity index (χ1) is 12.7. The van der Waals surface area contributed by atoms with Crippen molar-refractivity contribution in [1.29, 1.82) is 0 Å². The Bertz CT molecular complexity index is 406. The zero-order valence-electron chi connectivity index (χ0n) is 16.8. The van der Waals surface area contributed by atoms with Gasteiger partial charge < -0.3 is 10.1 Å². The third-order valence-corrected chi connectivity index (χ3v) is 4.91. The quantitative estimate of drug-likeness (QED) is 0.225. The largest absolute Gasteiger partial charge is 0.464 e. The summed E-state index contributed by atoms with van der Waals surface area (Å²) in [6.45, 7) is 2.70. The standard InChI is InChI=1S/C22H39NO3/c1-2-3-4-5-6-7-8-9-10-11-12-13-14-15-16-19-26-22(25)20-17-18-21(24)23-20/h4-5,20H,2-3,6-19H2,1H3,(H,23,24)/b5-4+/t20-/m0/s1. The van der Waals surface area contributed by atoms with Crippen molar-refractivity contribution in [2.45, 2.75) is 109 Å². The lowest BCUT2D eigenvalue weighted by Crippen LogP contribution is -2.34. The molecule has 0 saturated carbocycles. The lowest BCUT2D eigenvalue weighted by atomic mass is 10.1. The molecule has 1 atom stereocenters. The van der Waals surface area contributed by atoms with Gasteiger partial charge in [0.15, 0.2) is 0 Å². The van der Waals surface area contributed by atoms with Gasteiger partial charge in [-0.05, 0) is 32.1 Å². The smallest absolute Gasteiger partial charge is 0.328 e. The molecule has 1 amide bonds. The average Bonchev–Trinajstić information content (AvgIpc) is 3.07. The minimum Gasteiger partial charge on any atom is -0.464 e. The zero-order chi connectivity index (χ0) is 18.9. The molecule has 4 heteroatoms. The van der Waals surface area contributed by atoms with Crippen LogP contribution in [0.3, 0.4) is 0 Å². The molecule has 0 aromatic carbocycles. The van der Waals surface area contributed by atoms with Crippen LogP contribution in [0, 0.1) is 0 Å². The maximum absolute atomic E-state index is 11.7. The monoisotopic (exact) mass is 365 g/mol. The number of ether oxygens (including phenoxy) is 1. The van der Waals surface area contributed by atoms with Crippen LogP contribution in [0.15, 0.2) is 12.2 Å². The maximum Gasteiger partial charge on any atom is 0.328 e. The molecule has 0 unspecified atom stereocenters. The number of carbonyl (C=O) groups is 2. The molecule has 1 aliphatic rings. The molecule has 0 radical (unpaired) electrons. The highest BCUT2D eigenvalue weighted by Gasteiger charge is 2.28. The molecular formula is C22H39NO3. The number of carbonyl (C=O) groups excluding carboxylic acids is 2. The van der Waals surface area contributed by atoms with E-state index in [1.54, 1.807) is 0 Å². The van der Waals surface area contributed by atoms with E-state index < -0.39 is 6.04 Å². The van der Waals surface area contributed by atoms with E-state index >= 15 is 0 Å². The summed E-state index contributed by atoms with van der Waals surface area (Å²) in [5, 5.41) is 2.64. The highest BCUT2D eigenvalue weighted by molar-refractivity contribution is 5.87. The van der Waals surface area contributed by atoms with Crippen LogP contribution in [-0.2, 0) is 14.3 Å². The van der Waals surface area contributed by atoms with E-state index in [2.05, 4.69) is 24.4 Å². The first kappa shape index (κ1) is 22.7. The van der Waals surface area contributed by atoms with Gasteiger partial charge in [0, 0.05) is 6.42 Å². The fourth-order valence-corrected chi connectivity index (χ4v) is 3.25. The summed E-state index contributed by atoms with van der Waals surface area (Å²) < 4.78 is 5.23. The van der Waals surface area contributed by atoms with E-state index in [1.165, 1.54) is 70.6 Å². The lowest BCUT2D eigenvalue weighted by molar-refractivity contribution is -0.146. The van der Waals surface area contributed by atoms with Crippen LogP contribution in [0.25, 0.3) is 0 Å². The normalized spacial score (nSPS) is 17.0. The van der Waals surface area contributed by atoms with Gasteiger partial charge >= 0.3 is 5.97 Å². The average molecular weight is 366 g/mol. The highest BCUT2D eigenvalue weighted by Crippen LogP contribution is 2.12. The number of amides is 1. The first-order valence-corrected chi connectivity index (χ1v) is 10.8. The van der Waals surface area contributed by atoms with Crippen molar-refractivity contribution in [3.8, 4) is 0 Å². The number of nitrogens with one attached hydrogen (secondary N) is 1. The van der Waals surface area contributed by atoms with Gasteiger partial charge in [-0.1, -0.05) is 76.9 Å². The van der Waals surface area contributed by atoms with Crippen LogP contribution in [0.4, 0.5) is 0 Å². The lowest BCUT2D eigenvalue weighted by Gasteiger charge is -2.09. The molecule has 150 valence electrons. The molecule has 0 bridgehead atoms. The molecule has 0 aromatic heterocycles. The van der Waals surface area contributed by atoms with Crippen molar-refractivity contribution in [3.63, 3.8) is 0 Å². The summed E-state index contributed by atoms with van der Waals surface area (Å²) in [7, 11) is 0. The SMILES string of the molecule is CCC/C=C/CCCCCCCCCCCCOC(=O)[C@@H]1CCC(=O)N1. The van der Waals surface area contributed by atoms with Gasteiger partial charge in [-0.25, -0.2) is 4.79 Å². The van der Waals surface area contributed by atoms with Crippen molar-refractivity contribution in [2.24, 2.45) is 0 Å². The Morgan fingerprint density at radius 1 is 0.962 bits per heavy atom. The highest BCUT2D eigenvalue weighted by atomic mass is 16.5. The van der Waals surface area contributed by atoms with Crippen LogP contribution >= 0.6 is 0 Å². The van der Waals surface area contributed by atoms with Gasteiger partial charge in [-0.3, -0.25) is 4.79 Å². The van der Waals surface area contributed by atoms with Gasteiger partial charge in [-0.2, -0.15) is 0 Å². The van der Waals surface area contributed by atoms with E-state index in [-0.39, 0.29) is 11.9 Å². The molecule has 0 aliphatic carbocycles. The third-order valence-electron chi connectivity index (χ3n) is 4.91. The Labute approximate surface area is 160 Å². The van der Waals surface area contributed by atoms with Crippen LogP contribution < -0.4 is 5.32 Å². The maximum atomic E-state index is 11.7. The summed E-state index contributed by atoms with van der Waals surface area (Å²) in [5.74, 6) is -0.313. The molecule has 1 fully saturated rings.